The van der Waals surface area contributed by atoms with Gasteiger partial charge in [0.15, 0.2) is 0 Å². The predicted molar refractivity (Wildman–Crippen MR) is 148 cm³/mol. The summed E-state index contributed by atoms with van der Waals surface area (Å²) < 4.78 is 17.9. The number of aliphatic hydroxyl groups excluding tert-OH is 1. The van der Waals surface area contributed by atoms with E-state index in [9.17, 15) is 15.0 Å². The maximum atomic E-state index is 12.7. The van der Waals surface area contributed by atoms with Crippen LogP contribution in [0.4, 0.5) is 4.79 Å². The Kier molecular flexibility index (Phi) is 5.93. The lowest BCUT2D eigenvalue weighted by molar-refractivity contribution is -0.177. The molecule has 11 atom stereocenters. The van der Waals surface area contributed by atoms with Gasteiger partial charge in [0, 0.05) is 6.84 Å². The second-order valence-electron chi connectivity index (χ2n) is 16.2. The molecule has 5 saturated carbocycles. The van der Waals surface area contributed by atoms with Gasteiger partial charge in [0.2, 0.25) is 0 Å². The number of ether oxygens (including phenoxy) is 3. The first-order valence-electron chi connectivity index (χ1n) is 15.9. The van der Waals surface area contributed by atoms with Crippen LogP contribution in [-0.2, 0) is 14.2 Å². The first-order chi connectivity index (χ1) is 18.3. The zero-order chi connectivity index (χ0) is 27.6. The van der Waals surface area contributed by atoms with Crippen LogP contribution in [0.2, 0.25) is 0 Å². The van der Waals surface area contributed by atoms with E-state index in [1.54, 1.807) is 13.8 Å². The minimum Gasteiger partial charge on any atom is -0.446 e. The van der Waals surface area contributed by atoms with Crippen LogP contribution in [0.15, 0.2) is 0 Å². The first kappa shape index (κ1) is 27.0. The van der Waals surface area contributed by atoms with E-state index < -0.39 is 11.7 Å². The molecular formula is C32H53NO6. The lowest BCUT2D eigenvalue weighted by atomic mass is 9.46. The number of hydrogen-bond donors (Lipinski definition) is 3. The largest absolute Gasteiger partial charge is 0.446 e. The third-order valence-electron chi connectivity index (χ3n) is 13.8. The molecule has 7 heteroatoms. The summed E-state index contributed by atoms with van der Waals surface area (Å²) >= 11 is 0. The maximum absolute atomic E-state index is 12.7. The molecule has 0 radical (unpaired) electrons. The van der Waals surface area contributed by atoms with E-state index in [0.29, 0.717) is 47.2 Å². The topological polar surface area (TPSA) is 97.3 Å². The first-order valence-corrected chi connectivity index (χ1v) is 15.9. The second-order valence-corrected chi connectivity index (χ2v) is 16.2. The van der Waals surface area contributed by atoms with Gasteiger partial charge in [-0.2, -0.15) is 0 Å². The Morgan fingerprint density at radius 3 is 2.44 bits per heavy atom. The summed E-state index contributed by atoms with van der Waals surface area (Å²) in [6.07, 6.45) is 10.5. The molecule has 2 aliphatic heterocycles. The molecule has 3 N–H and O–H groups in total. The second kappa shape index (κ2) is 8.58. The van der Waals surface area contributed by atoms with Crippen LogP contribution in [0, 0.1) is 45.3 Å². The molecule has 222 valence electrons. The Morgan fingerprint density at radius 2 is 1.74 bits per heavy atom. The lowest BCUT2D eigenvalue weighted by Gasteiger charge is -2.59. The van der Waals surface area contributed by atoms with Gasteiger partial charge in [0.05, 0.1) is 37.1 Å². The van der Waals surface area contributed by atoms with Crippen LogP contribution in [0.5, 0.6) is 0 Å². The average molecular weight is 548 g/mol. The molecular weight excluding hydrogens is 494 g/mol. The summed E-state index contributed by atoms with van der Waals surface area (Å²) in [5.74, 6) is 2.62. The molecule has 8 unspecified atom stereocenters. The van der Waals surface area contributed by atoms with E-state index in [2.05, 4.69) is 26.1 Å². The molecule has 2 heterocycles. The average Bonchev–Trinajstić information content (AvgIpc) is 3.42. The number of fused-ring (bicyclic) bond motifs is 4. The van der Waals surface area contributed by atoms with E-state index in [-0.39, 0.29) is 37.3 Å². The number of carbonyl (C=O) groups excluding carboxylic acids is 1. The Balaban J connectivity index is 0.00000289. The maximum Gasteiger partial charge on any atom is 0.407 e. The highest BCUT2D eigenvalue weighted by Crippen LogP contribution is 2.87. The zero-order valence-electron chi connectivity index (χ0n) is 24.7. The predicted octanol–water partition coefficient (Wildman–Crippen LogP) is 5.06. The number of rotatable bonds is 4. The summed E-state index contributed by atoms with van der Waals surface area (Å²) in [5, 5.41) is 24.2. The van der Waals surface area contributed by atoms with Crippen molar-refractivity contribution in [2.45, 2.75) is 135 Å². The molecule has 0 aromatic carbocycles. The van der Waals surface area contributed by atoms with Crippen LogP contribution in [0.1, 0.15) is 100 Å². The van der Waals surface area contributed by atoms with Gasteiger partial charge in [0.1, 0.15) is 12.2 Å². The summed E-state index contributed by atoms with van der Waals surface area (Å²) in [5.41, 5.74) is 0.0208. The molecule has 7 rings (SSSR count). The van der Waals surface area contributed by atoms with Gasteiger partial charge in [0.25, 0.3) is 0 Å². The number of hydrogen-bond acceptors (Lipinski definition) is 6. The number of nitrogens with one attached hydrogen (secondary N) is 1. The van der Waals surface area contributed by atoms with Crippen molar-refractivity contribution in [3.8, 4) is 0 Å². The van der Waals surface area contributed by atoms with Crippen molar-refractivity contribution in [2.75, 3.05) is 13.2 Å². The zero-order valence-corrected chi connectivity index (χ0v) is 24.7. The summed E-state index contributed by atoms with van der Waals surface area (Å²) in [6.45, 7) is 11.9. The molecule has 2 spiro atoms. The van der Waals surface area contributed by atoms with Crippen LogP contribution >= 0.6 is 0 Å². The van der Waals surface area contributed by atoms with Crippen molar-refractivity contribution in [2.24, 2.45) is 45.3 Å². The van der Waals surface area contributed by atoms with Gasteiger partial charge in [-0.25, -0.2) is 4.79 Å². The molecule has 1 amide bonds. The van der Waals surface area contributed by atoms with Crippen molar-refractivity contribution in [3.63, 3.8) is 0 Å². The van der Waals surface area contributed by atoms with Crippen LogP contribution < -0.4 is 5.32 Å². The molecule has 0 bridgehead atoms. The summed E-state index contributed by atoms with van der Waals surface area (Å²) in [4.78, 5) is 12.7. The van der Waals surface area contributed by atoms with Crippen molar-refractivity contribution in [3.05, 3.63) is 0 Å². The molecule has 0 aromatic heterocycles. The quantitative estimate of drug-likeness (QED) is 0.455. The molecule has 39 heavy (non-hydrogen) atoms. The smallest absolute Gasteiger partial charge is 0.407 e. The van der Waals surface area contributed by atoms with Crippen molar-refractivity contribution in [1.82, 2.24) is 5.32 Å². The van der Waals surface area contributed by atoms with Crippen molar-refractivity contribution < 1.29 is 30.6 Å². The Hall–Kier alpha value is -0.890. The van der Waals surface area contributed by atoms with Crippen LogP contribution in [-0.4, -0.2) is 65.6 Å². The number of alkyl carbamates (subject to hydrolysis) is 1. The molecule has 5 aliphatic carbocycles. The highest BCUT2D eigenvalue weighted by Gasteiger charge is 2.81. The van der Waals surface area contributed by atoms with E-state index in [1.165, 1.54) is 38.5 Å². The van der Waals surface area contributed by atoms with Gasteiger partial charge in [-0.1, -0.05) is 20.8 Å². The van der Waals surface area contributed by atoms with Gasteiger partial charge in [-0.3, -0.25) is 0 Å². The summed E-state index contributed by atoms with van der Waals surface area (Å²) in [6, 6.07) is 0.0991. The Bertz CT molecular complexity index is 1010. The molecule has 7 nitrogen and oxygen atoms in total. The van der Waals surface area contributed by atoms with Crippen LogP contribution in [0.25, 0.3) is 0 Å². The van der Waals surface area contributed by atoms with Gasteiger partial charge >= 0.3 is 6.09 Å². The minimum atomic E-state index is -1.14. The molecule has 2 saturated heterocycles. The fourth-order valence-corrected chi connectivity index (χ4v) is 11.8. The normalized spacial score (nSPS) is 50.7. The fourth-order valence-electron chi connectivity index (χ4n) is 11.8. The SMILES string of the molecule is CC12CC[C@@]34CC35CC[C@H](OC(=O)NC3COC3)C(C)(C)C5CCC4C1CC1OC([C@H](O)C(C)(C)O)CCC12.[HH]. The number of carbonyl (C=O) groups is 1. The van der Waals surface area contributed by atoms with Gasteiger partial charge < -0.3 is 29.7 Å². The highest BCUT2D eigenvalue weighted by molar-refractivity contribution is 5.68. The van der Waals surface area contributed by atoms with Crippen molar-refractivity contribution >= 4 is 6.09 Å². The van der Waals surface area contributed by atoms with E-state index >= 15 is 0 Å². The van der Waals surface area contributed by atoms with Gasteiger partial charge in [-0.15, -0.1) is 0 Å². The molecule has 7 aliphatic rings. The fraction of sp³-hybridized carbons (Fsp3) is 0.969. The third kappa shape index (κ3) is 3.71. The van der Waals surface area contributed by atoms with E-state index in [4.69, 9.17) is 14.2 Å². The monoisotopic (exact) mass is 547 g/mol. The molecule has 0 aromatic rings. The minimum absolute atomic E-state index is 0. The van der Waals surface area contributed by atoms with E-state index in [0.717, 1.165) is 31.6 Å². The highest BCUT2D eigenvalue weighted by atomic mass is 16.6. The number of aliphatic hydroxyl groups is 2. The lowest BCUT2D eigenvalue weighted by Crippen LogP contribution is -2.56. The van der Waals surface area contributed by atoms with E-state index in [1.807, 2.05) is 0 Å². The standard InChI is InChI=1S/C32H51NO6.H2/c1-28(2)24-9-7-19-21-14-23-20(6-8-22(38-23)26(34)29(3,4)36)30(21,5)12-13-31(19)17-32(24,31)11-10-25(28)39-27(35)33-18-15-37-16-18;/h18-26,34,36H,6-17H2,1-5H3,(H,33,35);1H/t19?,20?,21?,22?,23?,24?,25-,26-,30?,31-,32?;/m0./s1. The van der Waals surface area contributed by atoms with Gasteiger partial charge in [-0.05, 0) is 118 Å². The third-order valence-corrected chi connectivity index (χ3v) is 13.8. The number of amides is 1. The molecule has 7 fully saturated rings. The van der Waals surface area contributed by atoms with Crippen LogP contribution in [0.3, 0.4) is 0 Å². The Morgan fingerprint density at radius 1 is 1.00 bits per heavy atom. The Labute approximate surface area is 235 Å². The van der Waals surface area contributed by atoms with Crippen molar-refractivity contribution in [1.29, 1.82) is 0 Å². The summed E-state index contributed by atoms with van der Waals surface area (Å²) in [7, 11) is 0.